The first kappa shape index (κ1) is 16.4. The van der Waals surface area contributed by atoms with Crippen LogP contribution in [0, 0.1) is 0 Å². The minimum absolute atomic E-state index is 0.0335. The van der Waals surface area contributed by atoms with Crippen molar-refractivity contribution in [1.82, 2.24) is 0 Å². The summed E-state index contributed by atoms with van der Waals surface area (Å²) in [4.78, 5) is 44.1. The molecule has 1 rings (SSSR count). The fourth-order valence-electron chi connectivity index (χ4n) is 1.54. The van der Waals surface area contributed by atoms with Gasteiger partial charge in [0.05, 0.1) is 11.1 Å². The van der Waals surface area contributed by atoms with Crippen molar-refractivity contribution in [3.8, 4) is 0 Å². The Bertz CT molecular complexity index is 562. The lowest BCUT2D eigenvalue weighted by Gasteiger charge is -2.03. The van der Waals surface area contributed by atoms with Gasteiger partial charge in [-0.25, -0.2) is 9.59 Å². The van der Waals surface area contributed by atoms with Gasteiger partial charge in [0.2, 0.25) is 0 Å². The first-order chi connectivity index (χ1) is 9.90. The van der Waals surface area contributed by atoms with E-state index in [4.69, 9.17) is 10.2 Å². The van der Waals surface area contributed by atoms with Gasteiger partial charge in [0.25, 0.3) is 0 Å². The molecule has 7 heteroatoms. The molecule has 0 fully saturated rings. The molecule has 7 nitrogen and oxygen atoms in total. The molecular formula is C14H14O7. The van der Waals surface area contributed by atoms with E-state index in [9.17, 15) is 19.2 Å². The largest absolute Gasteiger partial charge is 0.481 e. The Hall–Kier alpha value is -2.70. The zero-order chi connectivity index (χ0) is 15.8. The number of carbonyl (C=O) groups excluding carboxylic acids is 2. The summed E-state index contributed by atoms with van der Waals surface area (Å²) in [6.45, 7) is 0. The molecule has 0 radical (unpaired) electrons. The molecule has 0 bridgehead atoms. The van der Waals surface area contributed by atoms with Gasteiger partial charge in [-0.2, -0.15) is 0 Å². The van der Waals surface area contributed by atoms with E-state index >= 15 is 0 Å². The maximum absolute atomic E-state index is 11.6. The number of carboxylic acid groups (broad SMARTS) is 2. The molecule has 0 aliphatic heterocycles. The number of carbonyl (C=O) groups is 4. The van der Waals surface area contributed by atoms with E-state index < -0.39 is 23.9 Å². The van der Waals surface area contributed by atoms with E-state index in [1.54, 1.807) is 0 Å². The van der Waals surface area contributed by atoms with E-state index in [0.717, 1.165) is 6.07 Å². The highest BCUT2D eigenvalue weighted by Gasteiger charge is 2.14. The van der Waals surface area contributed by atoms with Crippen LogP contribution in [0.15, 0.2) is 24.3 Å². The lowest BCUT2D eigenvalue weighted by molar-refractivity contribution is -0.139. The van der Waals surface area contributed by atoms with Crippen LogP contribution in [0.4, 0.5) is 0 Å². The number of rotatable bonds is 7. The fourth-order valence-corrected chi connectivity index (χ4v) is 1.54. The molecule has 0 aromatic heterocycles. The summed E-state index contributed by atoms with van der Waals surface area (Å²) < 4.78 is 4.56. The van der Waals surface area contributed by atoms with Crippen molar-refractivity contribution in [3.63, 3.8) is 0 Å². The summed E-state index contributed by atoms with van der Waals surface area (Å²) in [5.41, 5.74) is -0.118. The molecule has 1 aromatic carbocycles. The van der Waals surface area contributed by atoms with Crippen molar-refractivity contribution in [1.29, 1.82) is 0 Å². The van der Waals surface area contributed by atoms with Crippen LogP contribution in [0.2, 0.25) is 0 Å². The number of aromatic carboxylic acids is 1. The molecule has 0 aliphatic rings. The zero-order valence-corrected chi connectivity index (χ0v) is 11.1. The van der Waals surface area contributed by atoms with Crippen LogP contribution in [-0.2, 0) is 14.3 Å². The number of esters is 2. The van der Waals surface area contributed by atoms with Crippen LogP contribution in [0.5, 0.6) is 0 Å². The van der Waals surface area contributed by atoms with Crippen LogP contribution in [0.3, 0.4) is 0 Å². The normalized spacial score (nSPS) is 9.90. The number of benzene rings is 1. The molecule has 2 N–H and O–H groups in total. The van der Waals surface area contributed by atoms with Crippen molar-refractivity contribution in [2.75, 3.05) is 0 Å². The molecule has 1 aromatic rings. The van der Waals surface area contributed by atoms with Gasteiger partial charge < -0.3 is 14.9 Å². The minimum Gasteiger partial charge on any atom is -0.481 e. The zero-order valence-electron chi connectivity index (χ0n) is 11.1. The summed E-state index contributed by atoms with van der Waals surface area (Å²) in [5.74, 6) is -3.85. The van der Waals surface area contributed by atoms with Crippen molar-refractivity contribution < 1.29 is 34.1 Å². The highest BCUT2D eigenvalue weighted by atomic mass is 16.6. The average Bonchev–Trinajstić information content (AvgIpc) is 2.43. The predicted octanol–water partition coefficient (Wildman–Crippen LogP) is 1.71. The fraction of sp³-hybridized carbons (Fsp3) is 0.286. The van der Waals surface area contributed by atoms with Gasteiger partial charge >= 0.3 is 23.9 Å². The van der Waals surface area contributed by atoms with Gasteiger partial charge in [0.15, 0.2) is 0 Å². The number of carboxylic acids is 2. The van der Waals surface area contributed by atoms with Gasteiger partial charge in [0.1, 0.15) is 0 Å². The summed E-state index contributed by atoms with van der Waals surface area (Å²) in [6, 6.07) is 5.14. The van der Waals surface area contributed by atoms with Crippen LogP contribution < -0.4 is 0 Å². The molecule has 112 valence electrons. The van der Waals surface area contributed by atoms with E-state index in [1.165, 1.54) is 18.2 Å². The smallest absolute Gasteiger partial charge is 0.345 e. The lowest BCUT2D eigenvalue weighted by Crippen LogP contribution is -2.13. The second kappa shape index (κ2) is 7.78. The molecule has 0 spiro atoms. The Morgan fingerprint density at radius 1 is 0.952 bits per heavy atom. The van der Waals surface area contributed by atoms with E-state index in [-0.39, 0.29) is 24.0 Å². The van der Waals surface area contributed by atoms with Crippen LogP contribution in [-0.4, -0.2) is 34.1 Å². The summed E-state index contributed by atoms with van der Waals surface area (Å²) in [7, 11) is 0. The summed E-state index contributed by atoms with van der Waals surface area (Å²) in [5, 5.41) is 17.2. The van der Waals surface area contributed by atoms with Crippen LogP contribution in [0.25, 0.3) is 0 Å². The van der Waals surface area contributed by atoms with Crippen molar-refractivity contribution in [2.24, 2.45) is 0 Å². The van der Waals surface area contributed by atoms with E-state index in [2.05, 4.69) is 4.74 Å². The number of hydrogen-bond donors (Lipinski definition) is 2. The predicted molar refractivity (Wildman–Crippen MR) is 69.9 cm³/mol. The summed E-state index contributed by atoms with van der Waals surface area (Å²) >= 11 is 0. The third-order valence-corrected chi connectivity index (χ3v) is 2.57. The highest BCUT2D eigenvalue weighted by molar-refractivity contribution is 5.99. The van der Waals surface area contributed by atoms with Crippen LogP contribution >= 0.6 is 0 Å². The Morgan fingerprint density at radius 2 is 1.57 bits per heavy atom. The van der Waals surface area contributed by atoms with E-state index in [1.807, 2.05) is 0 Å². The first-order valence-electron chi connectivity index (χ1n) is 6.20. The van der Waals surface area contributed by atoms with Crippen molar-refractivity contribution in [3.05, 3.63) is 35.4 Å². The maximum Gasteiger partial charge on any atom is 0.345 e. The van der Waals surface area contributed by atoms with Crippen LogP contribution in [0.1, 0.15) is 46.4 Å². The molecule has 0 atom stereocenters. The Labute approximate surface area is 120 Å². The van der Waals surface area contributed by atoms with Crippen molar-refractivity contribution >= 4 is 23.9 Å². The molecule has 21 heavy (non-hydrogen) atoms. The number of aliphatic carboxylic acids is 1. The topological polar surface area (TPSA) is 118 Å². The van der Waals surface area contributed by atoms with E-state index in [0.29, 0.717) is 12.8 Å². The number of ether oxygens (including phenoxy) is 1. The molecule has 0 amide bonds. The molecule has 0 heterocycles. The van der Waals surface area contributed by atoms with Gasteiger partial charge in [-0.15, -0.1) is 0 Å². The maximum atomic E-state index is 11.6. The van der Waals surface area contributed by atoms with Gasteiger partial charge in [0, 0.05) is 12.8 Å². The third-order valence-electron chi connectivity index (χ3n) is 2.57. The standard InChI is InChI=1S/C14H14O7/c15-11(16)6-1-2-7-12(17)21-14(20)10-5-3-4-9(8-10)13(18)19/h3-5,8H,1-2,6-7H2,(H,15,16)(H,18,19). The molecule has 0 saturated carbocycles. The highest BCUT2D eigenvalue weighted by Crippen LogP contribution is 2.09. The van der Waals surface area contributed by atoms with Crippen molar-refractivity contribution in [2.45, 2.75) is 25.7 Å². The Balaban J connectivity index is 2.49. The molecular weight excluding hydrogens is 280 g/mol. The number of unbranched alkanes of at least 4 members (excludes halogenated alkanes) is 1. The second-order valence-corrected chi connectivity index (χ2v) is 4.25. The molecule has 0 aliphatic carbocycles. The Morgan fingerprint density at radius 3 is 2.19 bits per heavy atom. The first-order valence-corrected chi connectivity index (χ1v) is 6.20. The lowest BCUT2D eigenvalue weighted by atomic mass is 10.1. The Kier molecular flexibility index (Phi) is 6.06. The monoisotopic (exact) mass is 294 g/mol. The minimum atomic E-state index is -1.19. The second-order valence-electron chi connectivity index (χ2n) is 4.25. The quantitative estimate of drug-likeness (QED) is 0.446. The van der Waals surface area contributed by atoms with Gasteiger partial charge in [-0.3, -0.25) is 9.59 Å². The average molecular weight is 294 g/mol. The summed E-state index contributed by atoms with van der Waals surface area (Å²) in [6.07, 6.45) is 0.486. The SMILES string of the molecule is O=C(O)CCCCC(=O)OC(=O)c1cccc(C(=O)O)c1. The van der Waals surface area contributed by atoms with Gasteiger partial charge in [-0.1, -0.05) is 6.07 Å². The molecule has 0 saturated heterocycles. The number of hydrogen-bond acceptors (Lipinski definition) is 5. The van der Waals surface area contributed by atoms with Gasteiger partial charge in [-0.05, 0) is 31.0 Å². The third kappa shape index (κ3) is 5.85. The molecule has 0 unspecified atom stereocenters.